The largest absolute Gasteiger partial charge is 0.481 e. The van der Waals surface area contributed by atoms with E-state index in [-0.39, 0.29) is 30.1 Å². The van der Waals surface area contributed by atoms with Gasteiger partial charge in [0.2, 0.25) is 0 Å². The van der Waals surface area contributed by atoms with Gasteiger partial charge in [0.1, 0.15) is 5.69 Å². The standard InChI is InChI=1S/C27H29ClN4O5/c1-17-6-8-18(9-7-17)23(14-24(33)34)30-27(36)31-25-21(19-11-13-37-29-15-19)10-12-32(26(25)35)16-20-4-2-3-5-22(20)28/h2-10,12,19,23,29H,11,13-16H2,1H3,(H,33,34)(H2,30,31,36)/t19?,23-/m0/s1. The van der Waals surface area contributed by atoms with Gasteiger partial charge in [-0.05, 0) is 42.2 Å². The number of nitrogens with zero attached hydrogens (tertiary/aromatic N) is 1. The van der Waals surface area contributed by atoms with E-state index in [4.69, 9.17) is 16.4 Å². The number of nitrogens with one attached hydrogen (secondary N) is 3. The molecule has 0 aliphatic carbocycles. The third-order valence-electron chi connectivity index (χ3n) is 6.34. The molecule has 2 heterocycles. The van der Waals surface area contributed by atoms with Crippen molar-refractivity contribution in [2.75, 3.05) is 18.5 Å². The first kappa shape index (κ1) is 26.4. The number of urea groups is 1. The maximum absolute atomic E-state index is 13.6. The summed E-state index contributed by atoms with van der Waals surface area (Å²) in [7, 11) is 0. The Morgan fingerprint density at radius 3 is 2.62 bits per heavy atom. The number of aliphatic carboxylic acids is 1. The Kier molecular flexibility index (Phi) is 8.60. The first-order valence-corrected chi connectivity index (χ1v) is 12.4. The Labute approximate surface area is 219 Å². The van der Waals surface area contributed by atoms with Crippen molar-refractivity contribution in [2.24, 2.45) is 0 Å². The molecule has 4 N–H and O–H groups in total. The molecule has 9 nitrogen and oxygen atoms in total. The molecule has 10 heteroatoms. The zero-order valence-corrected chi connectivity index (χ0v) is 21.1. The second-order valence-electron chi connectivity index (χ2n) is 9.01. The van der Waals surface area contributed by atoms with Gasteiger partial charge in [-0.25, -0.2) is 10.3 Å². The summed E-state index contributed by atoms with van der Waals surface area (Å²) in [6.45, 7) is 3.10. The third-order valence-corrected chi connectivity index (χ3v) is 6.71. The SMILES string of the molecule is Cc1ccc([C@H](CC(=O)O)NC(=O)Nc2c(C3CCONC3)ccn(Cc3ccccc3Cl)c2=O)cc1. The number of hydrogen-bond acceptors (Lipinski definition) is 5. The Hall–Kier alpha value is -3.66. The van der Waals surface area contributed by atoms with Crippen molar-refractivity contribution < 1.29 is 19.5 Å². The van der Waals surface area contributed by atoms with Gasteiger partial charge < -0.3 is 25.1 Å². The van der Waals surface area contributed by atoms with Crippen LogP contribution in [-0.2, 0) is 16.2 Å². The summed E-state index contributed by atoms with van der Waals surface area (Å²) in [6.07, 6.45) is 2.06. The van der Waals surface area contributed by atoms with Crippen LogP contribution in [0.1, 0.15) is 47.1 Å². The Morgan fingerprint density at radius 2 is 1.95 bits per heavy atom. The van der Waals surface area contributed by atoms with Crippen LogP contribution in [0.4, 0.5) is 10.5 Å². The minimum Gasteiger partial charge on any atom is -0.481 e. The lowest BCUT2D eigenvalue weighted by atomic mass is 9.94. The normalized spacial score (nSPS) is 16.1. The van der Waals surface area contributed by atoms with Crippen LogP contribution in [0, 0.1) is 6.92 Å². The van der Waals surface area contributed by atoms with E-state index < -0.39 is 18.0 Å². The van der Waals surface area contributed by atoms with E-state index >= 15 is 0 Å². The van der Waals surface area contributed by atoms with Gasteiger partial charge in [0.05, 0.1) is 25.6 Å². The number of anilines is 1. The first-order valence-electron chi connectivity index (χ1n) is 12.0. The molecule has 2 atom stereocenters. The lowest BCUT2D eigenvalue weighted by Gasteiger charge is -2.26. The molecule has 0 spiro atoms. The number of carboxylic acid groups (broad SMARTS) is 1. The van der Waals surface area contributed by atoms with Crippen LogP contribution in [0.25, 0.3) is 0 Å². The van der Waals surface area contributed by atoms with Crippen LogP contribution in [0.15, 0.2) is 65.6 Å². The predicted molar refractivity (Wildman–Crippen MR) is 141 cm³/mol. The molecule has 1 saturated heterocycles. The highest BCUT2D eigenvalue weighted by Crippen LogP contribution is 2.27. The molecule has 3 aromatic rings. The van der Waals surface area contributed by atoms with E-state index in [1.807, 2.05) is 43.3 Å². The Morgan fingerprint density at radius 1 is 1.19 bits per heavy atom. The summed E-state index contributed by atoms with van der Waals surface area (Å²) in [5, 5.41) is 15.4. The molecule has 1 aliphatic heterocycles. The number of amides is 2. The van der Waals surface area contributed by atoms with Crippen molar-refractivity contribution in [1.82, 2.24) is 15.4 Å². The number of rotatable bonds is 8. The second kappa shape index (κ2) is 12.1. The topological polar surface area (TPSA) is 122 Å². The number of hydrogen-bond donors (Lipinski definition) is 4. The highest BCUT2D eigenvalue weighted by Gasteiger charge is 2.24. The highest BCUT2D eigenvalue weighted by molar-refractivity contribution is 6.31. The molecule has 2 aromatic carbocycles. The molecule has 4 rings (SSSR count). The van der Waals surface area contributed by atoms with Crippen molar-refractivity contribution in [2.45, 2.75) is 38.3 Å². The molecule has 0 radical (unpaired) electrons. The summed E-state index contributed by atoms with van der Waals surface area (Å²) in [4.78, 5) is 43.4. The number of pyridine rings is 1. The quantitative estimate of drug-likeness (QED) is 0.350. The average molecular weight is 525 g/mol. The van der Waals surface area contributed by atoms with E-state index in [1.165, 1.54) is 4.57 Å². The van der Waals surface area contributed by atoms with Crippen LogP contribution >= 0.6 is 11.6 Å². The number of carboxylic acids is 1. The van der Waals surface area contributed by atoms with E-state index in [9.17, 15) is 19.5 Å². The highest BCUT2D eigenvalue weighted by atomic mass is 35.5. The molecule has 1 unspecified atom stereocenters. The van der Waals surface area contributed by atoms with Gasteiger partial charge in [0.15, 0.2) is 0 Å². The minimum atomic E-state index is -1.05. The van der Waals surface area contributed by atoms with Crippen molar-refractivity contribution in [1.29, 1.82) is 0 Å². The zero-order valence-electron chi connectivity index (χ0n) is 20.4. The van der Waals surface area contributed by atoms with Crippen LogP contribution in [0.5, 0.6) is 0 Å². The van der Waals surface area contributed by atoms with Crippen LogP contribution < -0.4 is 21.7 Å². The van der Waals surface area contributed by atoms with Crippen LogP contribution in [0.2, 0.25) is 5.02 Å². The van der Waals surface area contributed by atoms with Gasteiger partial charge in [-0.1, -0.05) is 59.6 Å². The molecule has 1 fully saturated rings. The van der Waals surface area contributed by atoms with Crippen molar-refractivity contribution >= 4 is 29.3 Å². The van der Waals surface area contributed by atoms with Gasteiger partial charge in [0.25, 0.3) is 5.56 Å². The monoisotopic (exact) mass is 524 g/mol. The molecular weight excluding hydrogens is 496 g/mol. The Bertz CT molecular complexity index is 1320. The van der Waals surface area contributed by atoms with E-state index in [2.05, 4.69) is 16.1 Å². The number of halogens is 1. The number of carbonyl (C=O) groups is 2. The van der Waals surface area contributed by atoms with E-state index in [0.29, 0.717) is 35.7 Å². The van der Waals surface area contributed by atoms with E-state index in [0.717, 1.165) is 11.1 Å². The maximum atomic E-state index is 13.6. The van der Waals surface area contributed by atoms with Crippen LogP contribution in [0.3, 0.4) is 0 Å². The summed E-state index contributed by atoms with van der Waals surface area (Å²) >= 11 is 6.31. The molecular formula is C27H29ClN4O5. The first-order chi connectivity index (χ1) is 17.8. The number of hydroxylamine groups is 1. The smallest absolute Gasteiger partial charge is 0.319 e. The van der Waals surface area contributed by atoms with Gasteiger partial charge in [0, 0.05) is 23.7 Å². The zero-order chi connectivity index (χ0) is 26.4. The van der Waals surface area contributed by atoms with E-state index in [1.54, 1.807) is 24.4 Å². The third kappa shape index (κ3) is 6.76. The molecule has 1 aromatic heterocycles. The molecule has 2 amide bonds. The number of benzene rings is 2. The fraction of sp³-hybridized carbons (Fsp3) is 0.296. The molecule has 1 aliphatic rings. The Balaban J connectivity index is 1.64. The molecule has 37 heavy (non-hydrogen) atoms. The van der Waals surface area contributed by atoms with Crippen LogP contribution in [-0.4, -0.2) is 34.8 Å². The lowest BCUT2D eigenvalue weighted by molar-refractivity contribution is -0.137. The van der Waals surface area contributed by atoms with Crippen molar-refractivity contribution in [3.63, 3.8) is 0 Å². The van der Waals surface area contributed by atoms with Gasteiger partial charge in [-0.3, -0.25) is 9.59 Å². The lowest BCUT2D eigenvalue weighted by Crippen LogP contribution is -2.38. The molecule has 0 bridgehead atoms. The minimum absolute atomic E-state index is 0.0568. The average Bonchev–Trinajstić information content (AvgIpc) is 2.88. The fourth-order valence-corrected chi connectivity index (χ4v) is 4.52. The van der Waals surface area contributed by atoms with Gasteiger partial charge in [-0.15, -0.1) is 0 Å². The summed E-state index contributed by atoms with van der Waals surface area (Å²) in [5.74, 6) is -1.11. The number of carbonyl (C=O) groups excluding carboxylic acids is 1. The van der Waals surface area contributed by atoms with Gasteiger partial charge >= 0.3 is 12.0 Å². The summed E-state index contributed by atoms with van der Waals surface area (Å²) in [5.41, 5.74) is 5.72. The fourth-order valence-electron chi connectivity index (χ4n) is 4.32. The van der Waals surface area contributed by atoms with Crippen molar-refractivity contribution in [3.8, 4) is 0 Å². The summed E-state index contributed by atoms with van der Waals surface area (Å²) < 4.78 is 1.49. The number of aryl methyl sites for hydroxylation is 1. The predicted octanol–water partition coefficient (Wildman–Crippen LogP) is 4.20. The number of aromatic nitrogens is 1. The maximum Gasteiger partial charge on any atom is 0.319 e. The summed E-state index contributed by atoms with van der Waals surface area (Å²) in [6, 6.07) is 14.9. The second-order valence-corrected chi connectivity index (χ2v) is 9.42. The van der Waals surface area contributed by atoms with Gasteiger partial charge in [-0.2, -0.15) is 0 Å². The van der Waals surface area contributed by atoms with Crippen molar-refractivity contribution in [3.05, 3.63) is 98.4 Å². The molecule has 0 saturated carbocycles. The molecule has 194 valence electrons.